The lowest BCUT2D eigenvalue weighted by Gasteiger charge is -2.34. The van der Waals surface area contributed by atoms with Crippen molar-refractivity contribution in [1.29, 1.82) is 0 Å². The topological polar surface area (TPSA) is 66.7 Å². The molecule has 5 rings (SSSR count). The average molecular weight is 440 g/mol. The summed E-state index contributed by atoms with van der Waals surface area (Å²) >= 11 is 3.43. The molecule has 0 aliphatic carbocycles. The number of para-hydroxylation sites is 2. The van der Waals surface area contributed by atoms with Gasteiger partial charge in [-0.1, -0.05) is 28.1 Å². The van der Waals surface area contributed by atoms with Crippen molar-refractivity contribution in [1.82, 2.24) is 9.88 Å². The molecule has 0 N–H and O–H groups in total. The van der Waals surface area contributed by atoms with Crippen molar-refractivity contribution >= 4 is 44.4 Å². The van der Waals surface area contributed by atoms with Crippen LogP contribution in [0.1, 0.15) is 35.0 Å². The first kappa shape index (κ1) is 17.6. The van der Waals surface area contributed by atoms with Crippen LogP contribution in [0.3, 0.4) is 0 Å². The second-order valence-electron chi connectivity index (χ2n) is 7.30. The number of likely N-dealkylation sites (tertiary alicyclic amines) is 1. The van der Waals surface area contributed by atoms with Crippen LogP contribution in [-0.2, 0) is 4.79 Å². The van der Waals surface area contributed by atoms with E-state index in [1.165, 1.54) is 0 Å². The van der Waals surface area contributed by atoms with Crippen molar-refractivity contribution in [2.45, 2.75) is 18.8 Å². The molecule has 0 saturated carbocycles. The summed E-state index contributed by atoms with van der Waals surface area (Å²) in [7, 11) is 0. The molecule has 0 bridgehead atoms. The second kappa shape index (κ2) is 6.83. The monoisotopic (exact) mass is 439 g/mol. The molecular weight excluding hydrogens is 422 g/mol. The first-order chi connectivity index (χ1) is 13.6. The van der Waals surface area contributed by atoms with Crippen LogP contribution in [0.5, 0.6) is 0 Å². The number of ketones is 1. The Morgan fingerprint density at radius 1 is 1.18 bits per heavy atom. The van der Waals surface area contributed by atoms with Crippen molar-refractivity contribution in [3.8, 4) is 0 Å². The Hall–Kier alpha value is -2.51. The molecule has 0 radical (unpaired) electrons. The summed E-state index contributed by atoms with van der Waals surface area (Å²) in [6, 6.07) is 13.1. The van der Waals surface area contributed by atoms with Gasteiger partial charge in [-0.25, -0.2) is 4.98 Å². The minimum absolute atomic E-state index is 0.177. The predicted octanol–water partition coefficient (Wildman–Crippen LogP) is 3.96. The largest absolute Gasteiger partial charge is 0.440 e. The number of Topliss-reactive ketones (excluding diaryl/α,β-unsaturated/α-hetero) is 1. The number of aromatic nitrogens is 1. The fraction of sp³-hybridized carbons (Fsp3) is 0.286. The minimum Gasteiger partial charge on any atom is -0.440 e. The molecule has 142 valence electrons. The van der Waals surface area contributed by atoms with Gasteiger partial charge in [0.2, 0.25) is 0 Å². The molecule has 3 aromatic rings. The third kappa shape index (κ3) is 2.95. The van der Waals surface area contributed by atoms with E-state index in [1.54, 1.807) is 17.0 Å². The third-order valence-electron chi connectivity index (χ3n) is 5.44. The molecule has 1 aromatic heterocycles. The Bertz CT molecular complexity index is 1060. The molecule has 2 aliphatic rings. The number of piperidine rings is 1. The van der Waals surface area contributed by atoms with Gasteiger partial charge in [-0.3, -0.25) is 19.4 Å². The quantitative estimate of drug-likeness (QED) is 0.577. The first-order valence-electron chi connectivity index (χ1n) is 9.34. The SMILES string of the molecule is O=C1C(=O)N(CN2CCCC(c3nc4ccccc4o3)C2)c2cc(Br)ccc21. The van der Waals surface area contributed by atoms with Crippen LogP contribution in [0.2, 0.25) is 0 Å². The molecule has 7 heteroatoms. The van der Waals surface area contributed by atoms with Crippen molar-refractivity contribution in [2.24, 2.45) is 0 Å². The molecule has 0 spiro atoms. The fourth-order valence-corrected chi connectivity index (χ4v) is 4.41. The molecule has 1 atom stereocenters. The summed E-state index contributed by atoms with van der Waals surface area (Å²) in [5.74, 6) is 0.0292. The highest BCUT2D eigenvalue weighted by atomic mass is 79.9. The van der Waals surface area contributed by atoms with Gasteiger partial charge in [-0.2, -0.15) is 0 Å². The van der Waals surface area contributed by atoms with Crippen LogP contribution in [0.25, 0.3) is 11.1 Å². The first-order valence-corrected chi connectivity index (χ1v) is 10.1. The second-order valence-corrected chi connectivity index (χ2v) is 8.22. The van der Waals surface area contributed by atoms with Gasteiger partial charge in [0.25, 0.3) is 5.78 Å². The highest BCUT2D eigenvalue weighted by molar-refractivity contribution is 9.10. The predicted molar refractivity (Wildman–Crippen MR) is 108 cm³/mol. The zero-order valence-corrected chi connectivity index (χ0v) is 16.7. The summed E-state index contributed by atoms with van der Waals surface area (Å²) in [5, 5.41) is 0. The lowest BCUT2D eigenvalue weighted by molar-refractivity contribution is -0.114. The average Bonchev–Trinajstić information content (AvgIpc) is 3.24. The van der Waals surface area contributed by atoms with Crippen molar-refractivity contribution in [2.75, 3.05) is 24.7 Å². The van der Waals surface area contributed by atoms with E-state index < -0.39 is 11.7 Å². The lowest BCUT2D eigenvalue weighted by Crippen LogP contribution is -2.44. The van der Waals surface area contributed by atoms with E-state index in [2.05, 4.69) is 25.8 Å². The van der Waals surface area contributed by atoms with Crippen molar-refractivity contribution in [3.05, 3.63) is 58.4 Å². The van der Waals surface area contributed by atoms with E-state index >= 15 is 0 Å². The summed E-state index contributed by atoms with van der Waals surface area (Å²) in [4.78, 5) is 33.2. The standard InChI is InChI=1S/C21H18BrN3O3/c22-14-7-8-15-17(10-14)25(21(27)19(15)26)12-24-9-3-4-13(11-24)20-23-16-5-1-2-6-18(16)28-20/h1-2,5-8,10,13H,3-4,9,11-12H2. The Kier molecular flexibility index (Phi) is 4.29. The maximum atomic E-state index is 12.5. The normalized spacial score (nSPS) is 20.2. The Labute approximate surface area is 170 Å². The van der Waals surface area contributed by atoms with Crippen LogP contribution in [0.15, 0.2) is 51.4 Å². The van der Waals surface area contributed by atoms with Gasteiger partial charge in [0.1, 0.15) is 5.52 Å². The molecule has 1 fully saturated rings. The number of carbonyl (C=O) groups excluding carboxylic acids is 2. The van der Waals surface area contributed by atoms with E-state index in [0.717, 1.165) is 47.4 Å². The molecule has 1 saturated heterocycles. The van der Waals surface area contributed by atoms with E-state index in [4.69, 9.17) is 4.42 Å². The van der Waals surface area contributed by atoms with E-state index in [9.17, 15) is 9.59 Å². The van der Waals surface area contributed by atoms with Crippen molar-refractivity contribution < 1.29 is 14.0 Å². The zero-order chi connectivity index (χ0) is 19.3. The highest BCUT2D eigenvalue weighted by Gasteiger charge is 2.37. The highest BCUT2D eigenvalue weighted by Crippen LogP contribution is 2.34. The molecule has 1 unspecified atom stereocenters. The Morgan fingerprint density at radius 2 is 2.04 bits per heavy atom. The van der Waals surface area contributed by atoms with Gasteiger partial charge >= 0.3 is 5.91 Å². The van der Waals surface area contributed by atoms with E-state index in [1.807, 2.05) is 30.3 Å². The van der Waals surface area contributed by atoms with Gasteiger partial charge in [-0.15, -0.1) is 0 Å². The third-order valence-corrected chi connectivity index (χ3v) is 5.93. The maximum absolute atomic E-state index is 12.5. The summed E-state index contributed by atoms with van der Waals surface area (Å²) in [6.07, 6.45) is 1.99. The Morgan fingerprint density at radius 3 is 2.89 bits per heavy atom. The fourth-order valence-electron chi connectivity index (χ4n) is 4.06. The summed E-state index contributed by atoms with van der Waals surface area (Å²) < 4.78 is 6.81. The van der Waals surface area contributed by atoms with Crippen LogP contribution in [0, 0.1) is 0 Å². The number of hydrogen-bond donors (Lipinski definition) is 0. The molecule has 3 heterocycles. The molecule has 28 heavy (non-hydrogen) atoms. The number of anilines is 1. The molecule has 6 nitrogen and oxygen atoms in total. The van der Waals surface area contributed by atoms with Crippen LogP contribution >= 0.6 is 15.9 Å². The van der Waals surface area contributed by atoms with Gasteiger partial charge in [0.15, 0.2) is 11.5 Å². The number of fused-ring (bicyclic) bond motifs is 2. The Balaban J connectivity index is 1.37. The number of hydrogen-bond acceptors (Lipinski definition) is 5. The molecule has 1 amide bonds. The maximum Gasteiger partial charge on any atom is 0.300 e. The number of benzene rings is 2. The number of carbonyl (C=O) groups is 2. The van der Waals surface area contributed by atoms with E-state index in [-0.39, 0.29) is 5.92 Å². The zero-order valence-electron chi connectivity index (χ0n) is 15.1. The summed E-state index contributed by atoms with van der Waals surface area (Å²) in [6.45, 7) is 2.01. The van der Waals surface area contributed by atoms with E-state index in [0.29, 0.717) is 17.9 Å². The van der Waals surface area contributed by atoms with Crippen LogP contribution in [0.4, 0.5) is 5.69 Å². The number of nitrogens with zero attached hydrogens (tertiary/aromatic N) is 3. The molecule has 2 aliphatic heterocycles. The van der Waals surface area contributed by atoms with Gasteiger partial charge < -0.3 is 4.42 Å². The van der Waals surface area contributed by atoms with Crippen molar-refractivity contribution in [3.63, 3.8) is 0 Å². The number of rotatable bonds is 3. The number of oxazole rings is 1. The molecular formula is C21H18BrN3O3. The number of halogens is 1. The smallest absolute Gasteiger partial charge is 0.300 e. The van der Waals surface area contributed by atoms with Crippen LogP contribution < -0.4 is 4.90 Å². The lowest BCUT2D eigenvalue weighted by atomic mass is 9.98. The summed E-state index contributed by atoms with van der Waals surface area (Å²) in [5.41, 5.74) is 2.82. The van der Waals surface area contributed by atoms with Gasteiger partial charge in [0.05, 0.1) is 17.9 Å². The number of amides is 1. The van der Waals surface area contributed by atoms with Gasteiger partial charge in [-0.05, 0) is 49.7 Å². The van der Waals surface area contributed by atoms with Crippen LogP contribution in [-0.4, -0.2) is 41.3 Å². The molecule has 2 aromatic carbocycles. The minimum atomic E-state index is -0.461. The van der Waals surface area contributed by atoms with Gasteiger partial charge in [0, 0.05) is 16.9 Å².